The van der Waals surface area contributed by atoms with E-state index in [-0.39, 0.29) is 6.04 Å². The third-order valence-electron chi connectivity index (χ3n) is 4.88. The number of benzene rings is 2. The SMILES string of the molecule is COc1cccc([C@H](CNC(=O)C(=O)c2c(C)[nH]c3ccccc23)N(C)C)c1. The Morgan fingerprint density at radius 3 is 2.61 bits per heavy atom. The van der Waals surface area contributed by atoms with E-state index in [4.69, 9.17) is 4.74 Å². The maximum atomic E-state index is 12.8. The fourth-order valence-electron chi connectivity index (χ4n) is 3.40. The molecule has 1 aromatic heterocycles. The normalized spacial score (nSPS) is 12.2. The van der Waals surface area contributed by atoms with Crippen LogP contribution in [0.2, 0.25) is 0 Å². The third-order valence-corrected chi connectivity index (χ3v) is 4.88. The van der Waals surface area contributed by atoms with E-state index in [2.05, 4.69) is 10.3 Å². The van der Waals surface area contributed by atoms with E-state index in [9.17, 15) is 9.59 Å². The second-order valence-corrected chi connectivity index (χ2v) is 6.97. The zero-order chi connectivity index (χ0) is 20.3. The molecular weight excluding hydrogens is 354 g/mol. The minimum atomic E-state index is -0.609. The van der Waals surface area contributed by atoms with Crippen LogP contribution < -0.4 is 10.1 Å². The lowest BCUT2D eigenvalue weighted by atomic mass is 10.0. The minimum Gasteiger partial charge on any atom is -0.497 e. The number of aryl methyl sites for hydroxylation is 1. The van der Waals surface area contributed by atoms with Gasteiger partial charge < -0.3 is 19.9 Å². The number of Topliss-reactive ketones (excluding diaryl/α,β-unsaturated/α-hetero) is 1. The van der Waals surface area contributed by atoms with Gasteiger partial charge in [0, 0.05) is 23.1 Å². The van der Waals surface area contributed by atoms with Crippen molar-refractivity contribution in [1.82, 2.24) is 15.2 Å². The van der Waals surface area contributed by atoms with Gasteiger partial charge in [-0.15, -0.1) is 0 Å². The molecular formula is C22H25N3O3. The van der Waals surface area contributed by atoms with Crippen molar-refractivity contribution in [3.63, 3.8) is 0 Å². The van der Waals surface area contributed by atoms with Gasteiger partial charge in [-0.2, -0.15) is 0 Å². The fourth-order valence-corrected chi connectivity index (χ4v) is 3.40. The molecule has 0 radical (unpaired) electrons. The first-order valence-electron chi connectivity index (χ1n) is 9.12. The minimum absolute atomic E-state index is 0.0871. The molecule has 1 atom stereocenters. The van der Waals surface area contributed by atoms with Gasteiger partial charge in [0.2, 0.25) is 0 Å². The summed E-state index contributed by atoms with van der Waals surface area (Å²) in [6.45, 7) is 2.12. The number of para-hydroxylation sites is 1. The van der Waals surface area contributed by atoms with Crippen molar-refractivity contribution in [2.24, 2.45) is 0 Å². The maximum Gasteiger partial charge on any atom is 0.292 e. The fraction of sp³-hybridized carbons (Fsp3) is 0.273. The molecule has 0 bridgehead atoms. The summed E-state index contributed by atoms with van der Waals surface area (Å²) in [6.07, 6.45) is 0. The maximum absolute atomic E-state index is 12.8. The number of ether oxygens (including phenoxy) is 1. The zero-order valence-corrected chi connectivity index (χ0v) is 16.6. The molecule has 0 spiro atoms. The zero-order valence-electron chi connectivity index (χ0n) is 16.6. The van der Waals surface area contributed by atoms with Gasteiger partial charge in [-0.25, -0.2) is 0 Å². The molecule has 0 saturated heterocycles. The Morgan fingerprint density at radius 1 is 1.14 bits per heavy atom. The molecule has 2 N–H and O–H groups in total. The lowest BCUT2D eigenvalue weighted by Crippen LogP contribution is -2.38. The Kier molecular flexibility index (Phi) is 5.80. The topological polar surface area (TPSA) is 74.4 Å². The highest BCUT2D eigenvalue weighted by Gasteiger charge is 2.24. The summed E-state index contributed by atoms with van der Waals surface area (Å²) in [5.74, 6) is -0.387. The van der Waals surface area contributed by atoms with Crippen molar-refractivity contribution < 1.29 is 14.3 Å². The molecule has 1 heterocycles. The lowest BCUT2D eigenvalue weighted by Gasteiger charge is -2.25. The number of likely N-dealkylation sites (N-methyl/N-ethyl adjacent to an activating group) is 1. The van der Waals surface area contributed by atoms with Gasteiger partial charge in [0.1, 0.15) is 5.75 Å². The largest absolute Gasteiger partial charge is 0.497 e. The van der Waals surface area contributed by atoms with E-state index in [1.54, 1.807) is 14.0 Å². The monoisotopic (exact) mass is 379 g/mol. The Balaban J connectivity index is 1.77. The number of methoxy groups -OCH3 is 1. The van der Waals surface area contributed by atoms with Crippen LogP contribution in [0.5, 0.6) is 5.75 Å². The molecule has 0 aliphatic heterocycles. The molecule has 0 saturated carbocycles. The first kappa shape index (κ1) is 19.6. The van der Waals surface area contributed by atoms with Crippen LogP contribution in [0.4, 0.5) is 0 Å². The van der Waals surface area contributed by atoms with E-state index in [0.29, 0.717) is 17.8 Å². The van der Waals surface area contributed by atoms with Gasteiger partial charge in [0.15, 0.2) is 0 Å². The number of H-pyrrole nitrogens is 1. The number of amides is 1. The quantitative estimate of drug-likeness (QED) is 0.489. The Bertz CT molecular complexity index is 1010. The summed E-state index contributed by atoms with van der Waals surface area (Å²) in [6, 6.07) is 15.1. The van der Waals surface area contributed by atoms with E-state index in [1.165, 1.54) is 0 Å². The van der Waals surface area contributed by atoms with Crippen LogP contribution in [0, 0.1) is 6.92 Å². The van der Waals surface area contributed by atoms with Crippen molar-refractivity contribution >= 4 is 22.6 Å². The van der Waals surface area contributed by atoms with Crippen LogP contribution in [0.1, 0.15) is 27.7 Å². The van der Waals surface area contributed by atoms with Crippen LogP contribution in [0.3, 0.4) is 0 Å². The highest BCUT2D eigenvalue weighted by molar-refractivity contribution is 6.45. The Morgan fingerprint density at radius 2 is 1.89 bits per heavy atom. The molecule has 0 unspecified atom stereocenters. The summed E-state index contributed by atoms with van der Waals surface area (Å²) in [7, 11) is 5.48. The summed E-state index contributed by atoms with van der Waals surface area (Å²) in [5, 5.41) is 3.56. The van der Waals surface area contributed by atoms with Gasteiger partial charge in [-0.05, 0) is 44.8 Å². The van der Waals surface area contributed by atoms with Gasteiger partial charge >= 0.3 is 0 Å². The molecule has 3 aromatic rings. The van der Waals surface area contributed by atoms with Crippen LogP contribution in [0.25, 0.3) is 10.9 Å². The number of aromatic amines is 1. The van der Waals surface area contributed by atoms with E-state index in [1.807, 2.05) is 67.5 Å². The predicted molar refractivity (Wildman–Crippen MR) is 110 cm³/mol. The molecule has 0 fully saturated rings. The molecule has 28 heavy (non-hydrogen) atoms. The number of hydrogen-bond donors (Lipinski definition) is 2. The van der Waals surface area contributed by atoms with Crippen LogP contribution in [-0.2, 0) is 4.79 Å². The molecule has 0 aliphatic carbocycles. The summed E-state index contributed by atoms with van der Waals surface area (Å²) in [5.41, 5.74) is 2.97. The van der Waals surface area contributed by atoms with Gasteiger partial charge in [-0.1, -0.05) is 30.3 Å². The lowest BCUT2D eigenvalue weighted by molar-refractivity contribution is -0.117. The first-order valence-corrected chi connectivity index (χ1v) is 9.12. The third kappa shape index (κ3) is 3.92. The van der Waals surface area contributed by atoms with Crippen LogP contribution in [-0.4, -0.2) is 49.3 Å². The summed E-state index contributed by atoms with van der Waals surface area (Å²) in [4.78, 5) is 30.6. The van der Waals surface area contributed by atoms with Crippen molar-refractivity contribution in [1.29, 1.82) is 0 Å². The number of carbonyl (C=O) groups excluding carboxylic acids is 2. The van der Waals surface area contributed by atoms with Crippen LogP contribution >= 0.6 is 0 Å². The van der Waals surface area contributed by atoms with Gasteiger partial charge in [0.25, 0.3) is 11.7 Å². The second-order valence-electron chi connectivity index (χ2n) is 6.97. The molecule has 1 amide bonds. The number of carbonyl (C=O) groups is 2. The number of rotatable bonds is 7. The van der Waals surface area contributed by atoms with E-state index in [0.717, 1.165) is 22.2 Å². The second kappa shape index (κ2) is 8.27. The predicted octanol–water partition coefficient (Wildman–Crippen LogP) is 3.09. The Hall–Kier alpha value is -3.12. The number of aromatic nitrogens is 1. The van der Waals surface area contributed by atoms with Crippen molar-refractivity contribution in [2.75, 3.05) is 27.7 Å². The number of hydrogen-bond acceptors (Lipinski definition) is 4. The van der Waals surface area contributed by atoms with Crippen molar-refractivity contribution in [3.05, 3.63) is 65.4 Å². The molecule has 0 aliphatic rings. The molecule has 6 nitrogen and oxygen atoms in total. The molecule has 146 valence electrons. The summed E-state index contributed by atoms with van der Waals surface area (Å²) < 4.78 is 5.29. The van der Waals surface area contributed by atoms with Gasteiger partial charge in [0.05, 0.1) is 18.7 Å². The number of nitrogens with zero attached hydrogens (tertiary/aromatic N) is 1. The molecule has 2 aromatic carbocycles. The summed E-state index contributed by atoms with van der Waals surface area (Å²) >= 11 is 0. The number of fused-ring (bicyclic) bond motifs is 1. The standard InChI is InChI=1S/C22H25N3O3/c1-14-20(17-10-5-6-11-18(17)24-14)21(26)22(27)23-13-19(25(2)3)15-8-7-9-16(12-15)28-4/h5-12,19,24H,13H2,1-4H3,(H,23,27)/t19-/m0/s1. The van der Waals surface area contributed by atoms with Crippen molar-refractivity contribution in [3.8, 4) is 5.75 Å². The Labute approximate surface area is 164 Å². The average Bonchev–Trinajstić information content (AvgIpc) is 3.03. The smallest absolute Gasteiger partial charge is 0.292 e. The van der Waals surface area contributed by atoms with E-state index >= 15 is 0 Å². The van der Waals surface area contributed by atoms with Crippen LogP contribution in [0.15, 0.2) is 48.5 Å². The average molecular weight is 379 g/mol. The number of nitrogens with one attached hydrogen (secondary N) is 2. The molecule has 3 rings (SSSR count). The highest BCUT2D eigenvalue weighted by atomic mass is 16.5. The van der Waals surface area contributed by atoms with Gasteiger partial charge in [-0.3, -0.25) is 9.59 Å². The highest BCUT2D eigenvalue weighted by Crippen LogP contribution is 2.24. The number of ketones is 1. The molecule has 6 heteroatoms. The van der Waals surface area contributed by atoms with E-state index < -0.39 is 11.7 Å². The first-order chi connectivity index (χ1) is 13.4. The van der Waals surface area contributed by atoms with Crippen molar-refractivity contribution in [2.45, 2.75) is 13.0 Å².